The first-order valence-electron chi connectivity index (χ1n) is 6.43. The number of hydrogen-bond acceptors (Lipinski definition) is 1. The third-order valence-electron chi connectivity index (χ3n) is 3.45. The summed E-state index contributed by atoms with van der Waals surface area (Å²) in [6.45, 7) is 2.09. The fraction of sp³-hybridized carbons (Fsp3) is 0.250. The third-order valence-corrected chi connectivity index (χ3v) is 5.29. The van der Waals surface area contributed by atoms with Gasteiger partial charge in [-0.05, 0) is 41.8 Å². The summed E-state index contributed by atoms with van der Waals surface area (Å²) >= 11 is 13.5. The van der Waals surface area contributed by atoms with E-state index in [9.17, 15) is 0 Å². The van der Waals surface area contributed by atoms with Crippen LogP contribution in [0.2, 0.25) is 5.02 Å². The van der Waals surface area contributed by atoms with Crippen LogP contribution < -0.4 is 4.74 Å². The third kappa shape index (κ3) is 2.76. The smallest absolute Gasteiger partial charge is 0.123 e. The first-order chi connectivity index (χ1) is 9.54. The Bertz CT molecular complexity index is 657. The van der Waals surface area contributed by atoms with Crippen LogP contribution in [0.15, 0.2) is 40.9 Å². The zero-order chi connectivity index (χ0) is 14.3. The Morgan fingerprint density at radius 3 is 2.80 bits per heavy atom. The topological polar surface area (TPSA) is 9.23 Å². The quantitative estimate of drug-likeness (QED) is 0.553. The Balaban J connectivity index is 1.95. The molecule has 0 aliphatic carbocycles. The minimum Gasteiger partial charge on any atom is -0.490 e. The van der Waals surface area contributed by atoms with Crippen LogP contribution in [0.4, 0.5) is 0 Å². The maximum atomic E-state index is 6.33. The summed E-state index contributed by atoms with van der Waals surface area (Å²) in [4.78, 5) is 0.0873. The zero-order valence-electron chi connectivity index (χ0n) is 10.9. The highest BCUT2D eigenvalue weighted by Gasteiger charge is 2.21. The molecule has 0 aromatic heterocycles. The molecule has 2 aromatic carbocycles. The fourth-order valence-corrected chi connectivity index (χ4v) is 4.08. The van der Waals surface area contributed by atoms with Gasteiger partial charge in [0.2, 0.25) is 0 Å². The number of alkyl halides is 1. The summed E-state index contributed by atoms with van der Waals surface area (Å²) in [6.07, 6.45) is 1.24. The summed E-state index contributed by atoms with van der Waals surface area (Å²) in [5.41, 5.74) is 3.54. The number of fused-ring (bicyclic) bond motifs is 1. The minimum atomic E-state index is 0.0873. The molecule has 0 saturated heterocycles. The maximum Gasteiger partial charge on any atom is 0.123 e. The van der Waals surface area contributed by atoms with E-state index in [2.05, 4.69) is 57.0 Å². The van der Waals surface area contributed by atoms with Gasteiger partial charge in [-0.25, -0.2) is 0 Å². The van der Waals surface area contributed by atoms with E-state index in [1.165, 1.54) is 11.1 Å². The molecule has 0 bridgehead atoms. The molecular weight excluding hydrogens is 403 g/mol. The molecule has 20 heavy (non-hydrogen) atoms. The van der Waals surface area contributed by atoms with Crippen LogP contribution in [0.25, 0.3) is 0 Å². The van der Waals surface area contributed by atoms with E-state index in [-0.39, 0.29) is 10.9 Å². The van der Waals surface area contributed by atoms with Gasteiger partial charge >= 0.3 is 0 Å². The molecule has 3 rings (SSSR count). The predicted molar refractivity (Wildman–Crippen MR) is 90.2 cm³/mol. The summed E-state index contributed by atoms with van der Waals surface area (Å²) in [6, 6.07) is 12.3. The molecule has 0 radical (unpaired) electrons. The number of ether oxygens (including phenoxy) is 1. The Morgan fingerprint density at radius 2 is 2.05 bits per heavy atom. The normalized spacial score (nSPS) is 18.5. The molecule has 0 saturated carbocycles. The van der Waals surface area contributed by atoms with Crippen molar-refractivity contribution < 1.29 is 4.74 Å². The van der Waals surface area contributed by atoms with Crippen LogP contribution in [0.1, 0.15) is 28.4 Å². The van der Waals surface area contributed by atoms with Crippen molar-refractivity contribution in [2.24, 2.45) is 0 Å². The molecule has 4 heteroatoms. The van der Waals surface area contributed by atoms with E-state index in [0.717, 1.165) is 27.2 Å². The second kappa shape index (κ2) is 5.70. The Morgan fingerprint density at radius 1 is 1.25 bits per heavy atom. The lowest BCUT2D eigenvalue weighted by atomic mass is 10.0. The van der Waals surface area contributed by atoms with E-state index in [1.807, 2.05) is 18.2 Å². The average Bonchev–Trinajstić information content (AvgIpc) is 2.77. The summed E-state index contributed by atoms with van der Waals surface area (Å²) in [5, 5.41) is 0.756. The molecule has 1 heterocycles. The van der Waals surface area contributed by atoms with Gasteiger partial charge in [0.15, 0.2) is 0 Å². The summed E-state index contributed by atoms with van der Waals surface area (Å²) < 4.78 is 6.73. The van der Waals surface area contributed by atoms with Crippen molar-refractivity contribution >= 4 is 43.5 Å². The average molecular weight is 417 g/mol. The van der Waals surface area contributed by atoms with Gasteiger partial charge in [-0.15, -0.1) is 0 Å². The van der Waals surface area contributed by atoms with Gasteiger partial charge in [0.05, 0.1) is 4.83 Å². The molecule has 0 N–H and O–H groups in total. The number of hydrogen-bond donors (Lipinski definition) is 0. The molecule has 2 aromatic rings. The van der Waals surface area contributed by atoms with Gasteiger partial charge < -0.3 is 4.74 Å². The molecule has 1 aliphatic rings. The monoisotopic (exact) mass is 414 g/mol. The van der Waals surface area contributed by atoms with Crippen LogP contribution in [0.3, 0.4) is 0 Å². The predicted octanol–water partition coefficient (Wildman–Crippen LogP) is 5.91. The Kier molecular flexibility index (Phi) is 4.11. The molecular formula is C16H13Br2ClO. The van der Waals surface area contributed by atoms with Crippen LogP contribution in [-0.2, 0) is 6.42 Å². The van der Waals surface area contributed by atoms with Crippen molar-refractivity contribution in [2.75, 3.05) is 0 Å². The highest BCUT2D eigenvalue weighted by Crippen LogP contribution is 2.39. The van der Waals surface area contributed by atoms with E-state index in [4.69, 9.17) is 16.3 Å². The number of halogens is 3. The lowest BCUT2D eigenvalue weighted by Gasteiger charge is -2.14. The number of benzene rings is 2. The molecule has 0 amide bonds. The molecule has 2 atom stereocenters. The van der Waals surface area contributed by atoms with Gasteiger partial charge in [-0.3, -0.25) is 0 Å². The van der Waals surface area contributed by atoms with Crippen molar-refractivity contribution in [2.45, 2.75) is 24.3 Å². The largest absolute Gasteiger partial charge is 0.490 e. The Hall–Kier alpha value is -0.510. The molecule has 104 valence electrons. The van der Waals surface area contributed by atoms with Crippen LogP contribution >= 0.6 is 43.5 Å². The van der Waals surface area contributed by atoms with E-state index in [0.29, 0.717) is 0 Å². The minimum absolute atomic E-state index is 0.0873. The van der Waals surface area contributed by atoms with Crippen LogP contribution in [-0.4, -0.2) is 6.10 Å². The SMILES string of the molecule is CC1Cc2cc(C(Br)c3ccc(Br)cc3Cl)ccc2O1. The summed E-state index contributed by atoms with van der Waals surface area (Å²) in [5.74, 6) is 1.00. The van der Waals surface area contributed by atoms with Crippen LogP contribution in [0, 0.1) is 0 Å². The number of rotatable bonds is 2. The maximum absolute atomic E-state index is 6.33. The highest BCUT2D eigenvalue weighted by atomic mass is 79.9. The van der Waals surface area contributed by atoms with Crippen molar-refractivity contribution in [1.29, 1.82) is 0 Å². The van der Waals surface area contributed by atoms with Gasteiger partial charge in [-0.1, -0.05) is 61.7 Å². The Labute approximate surface area is 140 Å². The van der Waals surface area contributed by atoms with Crippen molar-refractivity contribution in [3.8, 4) is 5.75 Å². The first kappa shape index (κ1) is 14.4. The second-order valence-electron chi connectivity index (χ2n) is 5.03. The fourth-order valence-electron chi connectivity index (χ4n) is 2.49. The van der Waals surface area contributed by atoms with E-state index < -0.39 is 0 Å². The second-order valence-corrected chi connectivity index (χ2v) is 7.27. The van der Waals surface area contributed by atoms with Gasteiger partial charge in [0.1, 0.15) is 11.9 Å². The van der Waals surface area contributed by atoms with Crippen molar-refractivity contribution in [1.82, 2.24) is 0 Å². The molecule has 2 unspecified atom stereocenters. The lowest BCUT2D eigenvalue weighted by Crippen LogP contribution is -2.05. The van der Waals surface area contributed by atoms with Gasteiger partial charge in [0, 0.05) is 15.9 Å². The zero-order valence-corrected chi connectivity index (χ0v) is 14.8. The molecule has 1 aliphatic heterocycles. The summed E-state index contributed by atoms with van der Waals surface area (Å²) in [7, 11) is 0. The van der Waals surface area contributed by atoms with E-state index >= 15 is 0 Å². The van der Waals surface area contributed by atoms with Crippen molar-refractivity contribution in [3.05, 3.63) is 62.6 Å². The lowest BCUT2D eigenvalue weighted by molar-refractivity contribution is 0.254. The standard InChI is InChI=1S/C16H13Br2ClO/c1-9-6-11-7-10(2-5-15(11)20-9)16(18)13-4-3-12(17)8-14(13)19/h2-5,7-9,16H,6H2,1H3. The molecule has 1 nitrogen and oxygen atoms in total. The highest BCUT2D eigenvalue weighted by molar-refractivity contribution is 9.10. The van der Waals surface area contributed by atoms with Gasteiger partial charge in [0.25, 0.3) is 0 Å². The molecule has 0 spiro atoms. The van der Waals surface area contributed by atoms with Gasteiger partial charge in [-0.2, -0.15) is 0 Å². The molecule has 0 fully saturated rings. The first-order valence-corrected chi connectivity index (χ1v) is 8.52. The van der Waals surface area contributed by atoms with E-state index in [1.54, 1.807) is 0 Å². The van der Waals surface area contributed by atoms with Crippen molar-refractivity contribution in [3.63, 3.8) is 0 Å². The van der Waals surface area contributed by atoms with Crippen LogP contribution in [0.5, 0.6) is 5.75 Å².